The van der Waals surface area contributed by atoms with E-state index in [1.165, 1.54) is 32.1 Å². The van der Waals surface area contributed by atoms with Crippen LogP contribution in [0.1, 0.15) is 54.9 Å². The molecule has 2 aromatic rings. The second-order valence-electron chi connectivity index (χ2n) is 10.6. The lowest BCUT2D eigenvalue weighted by Gasteiger charge is -2.57. The Morgan fingerprint density at radius 1 is 1.00 bits per heavy atom. The molecule has 0 spiro atoms. The van der Waals surface area contributed by atoms with E-state index in [0.29, 0.717) is 30.4 Å². The Bertz CT molecular complexity index is 935. The SMILES string of the molecule is CCN(CC(O)COc1ccccc1C(=O)NCc1ccccc1)C1C2CC3CC(C2)CC1C3. The summed E-state index contributed by atoms with van der Waals surface area (Å²) in [5, 5.41) is 13.8. The second-order valence-corrected chi connectivity index (χ2v) is 10.6. The van der Waals surface area contributed by atoms with E-state index in [4.69, 9.17) is 4.74 Å². The molecular formula is C29H38N2O3. The van der Waals surface area contributed by atoms with E-state index in [2.05, 4.69) is 17.1 Å². The van der Waals surface area contributed by atoms with Crippen LogP contribution in [0.15, 0.2) is 54.6 Å². The molecule has 2 aromatic carbocycles. The number of para-hydroxylation sites is 1. The number of ether oxygens (including phenoxy) is 1. The van der Waals surface area contributed by atoms with Crippen molar-refractivity contribution in [2.75, 3.05) is 19.7 Å². The standard InChI is InChI=1S/C29H38N2O3/c1-2-31(28-23-13-21-12-22(15-23)16-24(28)14-21)18-25(32)19-34-27-11-7-6-10-26(27)29(33)30-17-20-8-4-3-5-9-20/h3-11,21-25,28,32H,2,12-19H2,1H3,(H,30,33). The zero-order valence-electron chi connectivity index (χ0n) is 20.2. The minimum Gasteiger partial charge on any atom is -0.490 e. The summed E-state index contributed by atoms with van der Waals surface area (Å²) in [5.41, 5.74) is 1.55. The van der Waals surface area contributed by atoms with Crippen LogP contribution in [0.5, 0.6) is 5.75 Å². The maximum absolute atomic E-state index is 12.8. The molecule has 2 N–H and O–H groups in total. The van der Waals surface area contributed by atoms with Crippen molar-refractivity contribution in [1.29, 1.82) is 0 Å². The van der Waals surface area contributed by atoms with Gasteiger partial charge in [-0.1, -0.05) is 49.4 Å². The van der Waals surface area contributed by atoms with E-state index in [1.807, 2.05) is 42.5 Å². The largest absolute Gasteiger partial charge is 0.490 e. The van der Waals surface area contributed by atoms with Crippen molar-refractivity contribution in [3.8, 4) is 5.75 Å². The molecule has 34 heavy (non-hydrogen) atoms. The van der Waals surface area contributed by atoms with Crippen molar-refractivity contribution in [1.82, 2.24) is 10.2 Å². The number of likely N-dealkylation sites (N-methyl/N-ethyl adjacent to an activating group) is 1. The third-order valence-corrected chi connectivity index (χ3v) is 8.31. The number of hydrogen-bond donors (Lipinski definition) is 2. The van der Waals surface area contributed by atoms with Crippen LogP contribution >= 0.6 is 0 Å². The monoisotopic (exact) mass is 462 g/mol. The van der Waals surface area contributed by atoms with E-state index < -0.39 is 6.10 Å². The third kappa shape index (κ3) is 5.16. The molecule has 6 rings (SSSR count). The predicted molar refractivity (Wildman–Crippen MR) is 134 cm³/mol. The lowest BCUT2D eigenvalue weighted by Crippen LogP contribution is -2.57. The second kappa shape index (κ2) is 10.5. The molecule has 0 heterocycles. The molecule has 4 saturated carbocycles. The Labute approximate surface area is 203 Å². The highest BCUT2D eigenvalue weighted by molar-refractivity contribution is 5.96. The minimum absolute atomic E-state index is 0.169. The average molecular weight is 463 g/mol. The molecular weight excluding hydrogens is 424 g/mol. The lowest BCUT2D eigenvalue weighted by molar-refractivity contribution is -0.0756. The van der Waals surface area contributed by atoms with Gasteiger partial charge in [0.2, 0.25) is 0 Å². The summed E-state index contributed by atoms with van der Waals surface area (Å²) in [6, 6.07) is 17.8. The Balaban J connectivity index is 1.16. The highest BCUT2D eigenvalue weighted by atomic mass is 16.5. The zero-order valence-corrected chi connectivity index (χ0v) is 20.2. The Kier molecular flexibility index (Phi) is 7.21. The number of aliphatic hydroxyl groups excluding tert-OH is 1. The van der Waals surface area contributed by atoms with Crippen molar-refractivity contribution in [3.63, 3.8) is 0 Å². The minimum atomic E-state index is -0.586. The summed E-state index contributed by atoms with van der Waals surface area (Å²) in [6.45, 7) is 4.46. The fourth-order valence-corrected chi connectivity index (χ4v) is 7.12. The van der Waals surface area contributed by atoms with Gasteiger partial charge in [0.25, 0.3) is 5.91 Å². The maximum atomic E-state index is 12.8. The Morgan fingerprint density at radius 3 is 2.32 bits per heavy atom. The quantitative estimate of drug-likeness (QED) is 0.546. The molecule has 0 radical (unpaired) electrons. The molecule has 5 heteroatoms. The maximum Gasteiger partial charge on any atom is 0.255 e. The molecule has 1 unspecified atom stereocenters. The number of aliphatic hydroxyl groups is 1. The summed E-state index contributed by atoms with van der Waals surface area (Å²) in [7, 11) is 0. The van der Waals surface area contributed by atoms with Crippen molar-refractivity contribution in [2.45, 2.75) is 57.7 Å². The predicted octanol–water partition coefficient (Wildman–Crippen LogP) is 4.50. The highest BCUT2D eigenvalue weighted by Gasteiger charge is 2.49. The number of rotatable bonds is 10. The fraction of sp³-hybridized carbons (Fsp3) is 0.552. The van der Waals surface area contributed by atoms with Crippen LogP contribution in [0.3, 0.4) is 0 Å². The highest BCUT2D eigenvalue weighted by Crippen LogP contribution is 2.55. The normalized spacial score (nSPS) is 28.1. The van der Waals surface area contributed by atoms with E-state index in [9.17, 15) is 9.90 Å². The van der Waals surface area contributed by atoms with E-state index in [1.54, 1.807) is 12.1 Å². The van der Waals surface area contributed by atoms with Gasteiger partial charge >= 0.3 is 0 Å². The van der Waals surface area contributed by atoms with Gasteiger partial charge in [-0.2, -0.15) is 0 Å². The molecule has 0 aliphatic heterocycles. The average Bonchev–Trinajstić information content (AvgIpc) is 2.85. The third-order valence-electron chi connectivity index (χ3n) is 8.31. The van der Waals surface area contributed by atoms with Crippen LogP contribution in [-0.2, 0) is 6.54 Å². The molecule has 0 aromatic heterocycles. The summed E-state index contributed by atoms with van der Waals surface area (Å²) in [6.07, 6.45) is 6.40. The molecule has 4 bridgehead atoms. The van der Waals surface area contributed by atoms with Gasteiger partial charge in [0.15, 0.2) is 0 Å². The summed E-state index contributed by atoms with van der Waals surface area (Å²) < 4.78 is 5.99. The first kappa shape index (κ1) is 23.4. The molecule has 4 aliphatic rings. The van der Waals surface area contributed by atoms with Crippen LogP contribution in [-0.4, -0.2) is 47.8 Å². The molecule has 5 nitrogen and oxygen atoms in total. The summed E-state index contributed by atoms with van der Waals surface area (Å²) >= 11 is 0. The molecule has 182 valence electrons. The van der Waals surface area contributed by atoms with Crippen LogP contribution in [0, 0.1) is 23.7 Å². The zero-order chi connectivity index (χ0) is 23.5. The van der Waals surface area contributed by atoms with Crippen molar-refractivity contribution < 1.29 is 14.6 Å². The number of benzene rings is 2. The van der Waals surface area contributed by atoms with Crippen LogP contribution in [0.4, 0.5) is 0 Å². The number of amides is 1. The fourth-order valence-electron chi connectivity index (χ4n) is 7.12. The molecule has 4 aliphatic carbocycles. The summed E-state index contributed by atoms with van der Waals surface area (Å²) in [5.74, 6) is 3.87. The number of carbonyl (C=O) groups excluding carboxylic acids is 1. The lowest BCUT2D eigenvalue weighted by atomic mass is 9.54. The first-order valence-corrected chi connectivity index (χ1v) is 13.1. The van der Waals surface area contributed by atoms with Gasteiger partial charge in [-0.15, -0.1) is 0 Å². The van der Waals surface area contributed by atoms with Gasteiger partial charge < -0.3 is 15.2 Å². The van der Waals surface area contributed by atoms with E-state index in [0.717, 1.165) is 35.8 Å². The molecule has 1 amide bonds. The van der Waals surface area contributed by atoms with Gasteiger partial charge in [-0.3, -0.25) is 9.69 Å². The van der Waals surface area contributed by atoms with Gasteiger partial charge in [-0.25, -0.2) is 0 Å². The number of carbonyl (C=O) groups is 1. The first-order chi connectivity index (χ1) is 16.6. The van der Waals surface area contributed by atoms with Gasteiger partial charge in [0.1, 0.15) is 18.5 Å². The van der Waals surface area contributed by atoms with Crippen LogP contribution in [0.2, 0.25) is 0 Å². The van der Waals surface area contributed by atoms with Gasteiger partial charge in [-0.05, 0) is 80.0 Å². The number of nitrogens with one attached hydrogen (secondary N) is 1. The molecule has 1 atom stereocenters. The van der Waals surface area contributed by atoms with E-state index in [-0.39, 0.29) is 12.5 Å². The van der Waals surface area contributed by atoms with Crippen molar-refractivity contribution in [3.05, 3.63) is 65.7 Å². The van der Waals surface area contributed by atoms with Gasteiger partial charge in [0, 0.05) is 19.1 Å². The van der Waals surface area contributed by atoms with Crippen LogP contribution in [0.25, 0.3) is 0 Å². The first-order valence-electron chi connectivity index (χ1n) is 13.1. The molecule has 0 saturated heterocycles. The van der Waals surface area contributed by atoms with Crippen molar-refractivity contribution in [2.24, 2.45) is 23.7 Å². The number of nitrogens with zero attached hydrogens (tertiary/aromatic N) is 1. The van der Waals surface area contributed by atoms with Crippen molar-refractivity contribution >= 4 is 5.91 Å². The summed E-state index contributed by atoms with van der Waals surface area (Å²) in [4.78, 5) is 15.3. The van der Waals surface area contributed by atoms with Gasteiger partial charge in [0.05, 0.1) is 5.56 Å². The smallest absolute Gasteiger partial charge is 0.255 e. The van der Waals surface area contributed by atoms with Crippen LogP contribution < -0.4 is 10.1 Å². The number of hydrogen-bond acceptors (Lipinski definition) is 4. The molecule has 4 fully saturated rings. The van der Waals surface area contributed by atoms with E-state index >= 15 is 0 Å². The Morgan fingerprint density at radius 2 is 1.65 bits per heavy atom. The topological polar surface area (TPSA) is 61.8 Å². The Hall–Kier alpha value is -2.37.